The van der Waals surface area contributed by atoms with E-state index in [1.807, 2.05) is 0 Å². The van der Waals surface area contributed by atoms with Crippen LogP contribution in [0.3, 0.4) is 0 Å². The molecule has 0 spiro atoms. The van der Waals surface area contributed by atoms with Crippen LogP contribution in [-0.2, 0) is 9.84 Å². The molecular formula is C11H17N3O3S. The molecule has 1 aromatic rings. The minimum Gasteiger partial charge on any atom is -0.387 e. The predicted octanol–water partition coefficient (Wildman–Crippen LogP) is 0.288. The molecule has 7 heteroatoms. The summed E-state index contributed by atoms with van der Waals surface area (Å²) in [6.07, 6.45) is 4.64. The summed E-state index contributed by atoms with van der Waals surface area (Å²) in [4.78, 5) is 15.7. The number of carbonyl (C=O) groups is 1. The van der Waals surface area contributed by atoms with Crippen LogP contribution in [0.4, 0.5) is 5.69 Å². The molecule has 0 radical (unpaired) electrons. The van der Waals surface area contributed by atoms with E-state index in [2.05, 4.69) is 15.6 Å². The van der Waals surface area contributed by atoms with Crippen LogP contribution in [0.5, 0.6) is 0 Å². The van der Waals surface area contributed by atoms with Crippen molar-refractivity contribution in [3.63, 3.8) is 0 Å². The molecule has 0 bridgehead atoms. The molecule has 1 heterocycles. The smallest absolute Gasteiger partial charge is 0.254 e. The van der Waals surface area contributed by atoms with E-state index >= 15 is 0 Å². The van der Waals surface area contributed by atoms with E-state index in [4.69, 9.17) is 0 Å². The maximum Gasteiger partial charge on any atom is 0.254 e. The summed E-state index contributed by atoms with van der Waals surface area (Å²) in [7, 11) is -1.26. The van der Waals surface area contributed by atoms with Crippen LogP contribution in [0, 0.1) is 0 Å². The Hall–Kier alpha value is -1.63. The zero-order valence-corrected chi connectivity index (χ0v) is 11.3. The SMILES string of the molecule is CNc1ccncc1C(=O)NCCCS(C)(=O)=O. The van der Waals surface area contributed by atoms with Crippen LogP contribution in [0.15, 0.2) is 18.5 Å². The lowest BCUT2D eigenvalue weighted by Crippen LogP contribution is -2.26. The Kier molecular flexibility index (Phi) is 5.08. The Morgan fingerprint density at radius 3 is 2.78 bits per heavy atom. The second-order valence-corrected chi connectivity index (χ2v) is 6.17. The number of anilines is 1. The van der Waals surface area contributed by atoms with Crippen molar-refractivity contribution in [1.82, 2.24) is 10.3 Å². The first-order chi connectivity index (χ1) is 8.44. The maximum atomic E-state index is 11.8. The Bertz CT molecular complexity index is 514. The largest absolute Gasteiger partial charge is 0.387 e. The fraction of sp³-hybridized carbons (Fsp3) is 0.455. The fourth-order valence-corrected chi connectivity index (χ4v) is 2.09. The van der Waals surface area contributed by atoms with Gasteiger partial charge in [-0.2, -0.15) is 0 Å². The summed E-state index contributed by atoms with van der Waals surface area (Å²) in [5.41, 5.74) is 1.13. The standard InChI is InChI=1S/C11H17N3O3S/c1-12-10-4-6-13-8-9(10)11(15)14-5-3-7-18(2,16)17/h4,6,8H,3,5,7H2,1-2H3,(H,12,13)(H,14,15). The number of rotatable bonds is 6. The summed E-state index contributed by atoms with van der Waals surface area (Å²) in [6, 6.07) is 1.70. The van der Waals surface area contributed by atoms with Gasteiger partial charge in [-0.25, -0.2) is 8.42 Å². The molecule has 0 aliphatic carbocycles. The van der Waals surface area contributed by atoms with E-state index in [0.29, 0.717) is 24.2 Å². The van der Waals surface area contributed by atoms with Gasteiger partial charge < -0.3 is 10.6 Å². The van der Waals surface area contributed by atoms with Crippen LogP contribution in [0.25, 0.3) is 0 Å². The first kappa shape index (κ1) is 14.4. The fourth-order valence-electron chi connectivity index (χ4n) is 1.42. The van der Waals surface area contributed by atoms with Gasteiger partial charge in [0.25, 0.3) is 5.91 Å². The summed E-state index contributed by atoms with van der Waals surface area (Å²) in [6.45, 7) is 0.323. The quantitative estimate of drug-likeness (QED) is 0.726. The van der Waals surface area contributed by atoms with Gasteiger partial charge in [0.15, 0.2) is 0 Å². The zero-order chi connectivity index (χ0) is 13.6. The lowest BCUT2D eigenvalue weighted by atomic mass is 10.2. The van der Waals surface area contributed by atoms with Crippen molar-refractivity contribution in [1.29, 1.82) is 0 Å². The van der Waals surface area contributed by atoms with Gasteiger partial charge in [-0.05, 0) is 12.5 Å². The van der Waals surface area contributed by atoms with Gasteiger partial charge in [-0.1, -0.05) is 0 Å². The van der Waals surface area contributed by atoms with Crippen molar-refractivity contribution >= 4 is 21.4 Å². The Morgan fingerprint density at radius 1 is 1.44 bits per heavy atom. The highest BCUT2D eigenvalue weighted by atomic mass is 32.2. The van der Waals surface area contributed by atoms with E-state index in [0.717, 1.165) is 0 Å². The third-order valence-electron chi connectivity index (χ3n) is 2.31. The molecule has 0 unspecified atom stereocenters. The van der Waals surface area contributed by atoms with E-state index in [1.54, 1.807) is 19.3 Å². The molecular weight excluding hydrogens is 254 g/mol. The molecule has 100 valence electrons. The van der Waals surface area contributed by atoms with Crippen LogP contribution < -0.4 is 10.6 Å². The van der Waals surface area contributed by atoms with Crippen molar-refractivity contribution < 1.29 is 13.2 Å². The van der Waals surface area contributed by atoms with Crippen molar-refractivity contribution in [2.45, 2.75) is 6.42 Å². The van der Waals surface area contributed by atoms with Crippen LogP contribution in [0.1, 0.15) is 16.8 Å². The van der Waals surface area contributed by atoms with E-state index < -0.39 is 9.84 Å². The van der Waals surface area contributed by atoms with Crippen LogP contribution in [-0.4, -0.2) is 44.9 Å². The van der Waals surface area contributed by atoms with Crippen LogP contribution >= 0.6 is 0 Å². The first-order valence-electron chi connectivity index (χ1n) is 5.52. The highest BCUT2D eigenvalue weighted by Crippen LogP contribution is 2.11. The summed E-state index contributed by atoms with van der Waals surface area (Å²) >= 11 is 0. The number of hydrogen-bond donors (Lipinski definition) is 2. The monoisotopic (exact) mass is 271 g/mol. The molecule has 18 heavy (non-hydrogen) atoms. The topological polar surface area (TPSA) is 88.2 Å². The van der Waals surface area contributed by atoms with Gasteiger partial charge in [0, 0.05) is 37.9 Å². The van der Waals surface area contributed by atoms with Gasteiger partial charge >= 0.3 is 0 Å². The Balaban J connectivity index is 2.51. The molecule has 1 amide bonds. The highest BCUT2D eigenvalue weighted by Gasteiger charge is 2.10. The lowest BCUT2D eigenvalue weighted by Gasteiger charge is -2.08. The van der Waals surface area contributed by atoms with E-state index in [9.17, 15) is 13.2 Å². The highest BCUT2D eigenvalue weighted by molar-refractivity contribution is 7.90. The van der Waals surface area contributed by atoms with Crippen molar-refractivity contribution in [2.75, 3.05) is 30.9 Å². The molecule has 1 aromatic heterocycles. The number of nitrogens with one attached hydrogen (secondary N) is 2. The molecule has 0 aliphatic heterocycles. The molecule has 0 saturated carbocycles. The maximum absolute atomic E-state index is 11.8. The predicted molar refractivity (Wildman–Crippen MR) is 70.4 cm³/mol. The zero-order valence-electron chi connectivity index (χ0n) is 10.4. The number of amides is 1. The molecule has 0 aliphatic rings. The number of nitrogens with zero attached hydrogens (tertiary/aromatic N) is 1. The van der Waals surface area contributed by atoms with Gasteiger partial charge in [0.2, 0.25) is 0 Å². The van der Waals surface area contributed by atoms with Gasteiger partial charge in [-0.15, -0.1) is 0 Å². The van der Waals surface area contributed by atoms with Gasteiger partial charge in [0.1, 0.15) is 9.84 Å². The molecule has 0 fully saturated rings. The minimum atomic E-state index is -2.98. The summed E-state index contributed by atoms with van der Waals surface area (Å²) in [5, 5.41) is 5.56. The molecule has 1 rings (SSSR count). The average Bonchev–Trinajstić information content (AvgIpc) is 2.33. The molecule has 0 aromatic carbocycles. The molecule has 2 N–H and O–H groups in total. The summed E-state index contributed by atoms with van der Waals surface area (Å²) in [5.74, 6) is -0.194. The molecule has 6 nitrogen and oxygen atoms in total. The van der Waals surface area contributed by atoms with Crippen LogP contribution in [0.2, 0.25) is 0 Å². The van der Waals surface area contributed by atoms with Crippen molar-refractivity contribution in [3.8, 4) is 0 Å². The number of sulfone groups is 1. The van der Waals surface area contributed by atoms with Gasteiger partial charge in [0.05, 0.1) is 11.3 Å². The summed E-state index contributed by atoms with van der Waals surface area (Å²) < 4.78 is 21.8. The van der Waals surface area contributed by atoms with E-state index in [-0.39, 0.29) is 11.7 Å². The second kappa shape index (κ2) is 6.34. The Morgan fingerprint density at radius 2 is 2.17 bits per heavy atom. The third-order valence-corrected chi connectivity index (χ3v) is 3.34. The first-order valence-corrected chi connectivity index (χ1v) is 7.58. The third kappa shape index (κ3) is 4.70. The lowest BCUT2D eigenvalue weighted by molar-refractivity contribution is 0.0954. The van der Waals surface area contributed by atoms with Crippen molar-refractivity contribution in [2.24, 2.45) is 0 Å². The normalized spacial score (nSPS) is 11.0. The van der Waals surface area contributed by atoms with Crippen molar-refractivity contribution in [3.05, 3.63) is 24.0 Å². The number of hydrogen-bond acceptors (Lipinski definition) is 5. The number of aromatic nitrogens is 1. The molecule has 0 atom stereocenters. The van der Waals surface area contributed by atoms with Gasteiger partial charge in [-0.3, -0.25) is 9.78 Å². The number of carbonyl (C=O) groups excluding carboxylic acids is 1. The van der Waals surface area contributed by atoms with E-state index in [1.165, 1.54) is 12.5 Å². The second-order valence-electron chi connectivity index (χ2n) is 3.91. The average molecular weight is 271 g/mol. The number of pyridine rings is 1. The molecule has 0 saturated heterocycles. The Labute approximate surface area is 107 Å². The minimum absolute atomic E-state index is 0.0687.